The van der Waals surface area contributed by atoms with Gasteiger partial charge in [0.15, 0.2) is 0 Å². The van der Waals surface area contributed by atoms with Gasteiger partial charge in [-0.25, -0.2) is 18.5 Å². The zero-order chi connectivity index (χ0) is 22.6. The zero-order valence-corrected chi connectivity index (χ0v) is 18.0. The third-order valence-electron chi connectivity index (χ3n) is 4.74. The summed E-state index contributed by atoms with van der Waals surface area (Å²) in [6, 6.07) is 19.6. The van der Waals surface area contributed by atoms with Crippen LogP contribution in [-0.4, -0.2) is 23.7 Å². The fourth-order valence-corrected chi connectivity index (χ4v) is 3.87. The van der Waals surface area contributed by atoms with Crippen LogP contribution in [0, 0.1) is 0 Å². The first-order valence-corrected chi connectivity index (χ1v) is 11.6. The Morgan fingerprint density at radius 2 is 1.81 bits per heavy atom. The van der Waals surface area contributed by atoms with Crippen molar-refractivity contribution in [2.75, 3.05) is 0 Å². The molecule has 9 heteroatoms. The number of sulfonamides is 1. The summed E-state index contributed by atoms with van der Waals surface area (Å²) in [5, 5.41) is 7.90. The van der Waals surface area contributed by atoms with Crippen LogP contribution in [0.25, 0.3) is 5.65 Å². The highest BCUT2D eigenvalue weighted by molar-refractivity contribution is 7.88. The Labute approximate surface area is 185 Å². The van der Waals surface area contributed by atoms with E-state index < -0.39 is 10.0 Å². The molecule has 0 saturated carbocycles. The summed E-state index contributed by atoms with van der Waals surface area (Å²) < 4.78 is 30.1. The fourth-order valence-electron chi connectivity index (χ4n) is 3.21. The minimum absolute atomic E-state index is 0.221. The number of pyridine rings is 1. The van der Waals surface area contributed by atoms with Crippen molar-refractivity contribution in [2.45, 2.75) is 18.9 Å². The Kier molecular flexibility index (Phi) is 6.20. The highest BCUT2D eigenvalue weighted by atomic mass is 32.2. The molecule has 2 aromatic carbocycles. The minimum Gasteiger partial charge on any atom is -0.487 e. The van der Waals surface area contributed by atoms with Crippen molar-refractivity contribution in [3.63, 3.8) is 0 Å². The highest BCUT2D eigenvalue weighted by Crippen LogP contribution is 2.16. The van der Waals surface area contributed by atoms with Gasteiger partial charge in [-0.05, 0) is 41.5 Å². The zero-order valence-electron chi connectivity index (χ0n) is 17.1. The van der Waals surface area contributed by atoms with Crippen molar-refractivity contribution < 1.29 is 17.9 Å². The number of nitrogens with two attached hydrogens (primary N) is 1. The number of primary sulfonamides is 1. The van der Waals surface area contributed by atoms with Gasteiger partial charge in [0.25, 0.3) is 5.91 Å². The van der Waals surface area contributed by atoms with Crippen LogP contribution in [0.1, 0.15) is 27.2 Å². The number of carbonyl (C=O) groups excluding carboxylic acids is 1. The number of carbonyl (C=O) groups is 1. The van der Waals surface area contributed by atoms with E-state index in [1.54, 1.807) is 48.5 Å². The van der Waals surface area contributed by atoms with Crippen molar-refractivity contribution in [3.8, 4) is 5.75 Å². The van der Waals surface area contributed by atoms with Gasteiger partial charge < -0.3 is 14.5 Å². The molecule has 8 nitrogen and oxygen atoms in total. The van der Waals surface area contributed by atoms with Gasteiger partial charge in [-0.3, -0.25) is 4.79 Å². The Bertz CT molecular complexity index is 1310. The lowest BCUT2D eigenvalue weighted by molar-refractivity contribution is 0.0950. The summed E-state index contributed by atoms with van der Waals surface area (Å²) in [6.07, 6.45) is 3.82. The predicted octanol–water partition coefficient (Wildman–Crippen LogP) is 2.63. The van der Waals surface area contributed by atoms with Gasteiger partial charge in [0.2, 0.25) is 10.0 Å². The van der Waals surface area contributed by atoms with Crippen LogP contribution in [0.5, 0.6) is 5.75 Å². The number of hydrogen-bond acceptors (Lipinski definition) is 5. The lowest BCUT2D eigenvalue weighted by Crippen LogP contribution is -2.22. The van der Waals surface area contributed by atoms with Crippen molar-refractivity contribution >= 4 is 21.6 Å². The number of nitrogens with one attached hydrogen (secondary N) is 1. The Morgan fingerprint density at radius 1 is 1.03 bits per heavy atom. The van der Waals surface area contributed by atoms with Gasteiger partial charge >= 0.3 is 0 Å². The van der Waals surface area contributed by atoms with Crippen LogP contribution in [0.2, 0.25) is 0 Å². The molecule has 164 valence electrons. The van der Waals surface area contributed by atoms with Crippen molar-refractivity contribution in [1.29, 1.82) is 0 Å². The first kappa shape index (κ1) is 21.5. The average molecular weight is 451 g/mol. The Morgan fingerprint density at radius 3 is 2.56 bits per heavy atom. The Balaban J connectivity index is 1.33. The maximum absolute atomic E-state index is 12.5. The predicted molar refractivity (Wildman–Crippen MR) is 120 cm³/mol. The molecule has 0 unspecified atom stereocenters. The molecule has 0 aliphatic heterocycles. The summed E-state index contributed by atoms with van der Waals surface area (Å²) in [5.41, 5.74) is 3.55. The fraction of sp³-hybridized carbons (Fsp3) is 0.130. The number of rotatable bonds is 8. The number of benzene rings is 2. The van der Waals surface area contributed by atoms with Gasteiger partial charge in [0.05, 0.1) is 11.4 Å². The van der Waals surface area contributed by atoms with Crippen LogP contribution in [0.15, 0.2) is 79.1 Å². The van der Waals surface area contributed by atoms with Crippen LogP contribution < -0.4 is 15.2 Å². The van der Waals surface area contributed by atoms with Gasteiger partial charge in [-0.1, -0.05) is 36.4 Å². The molecule has 2 heterocycles. The number of nitrogens with zero attached hydrogens (tertiary/aromatic N) is 2. The van der Waals surface area contributed by atoms with Crippen LogP contribution in [-0.2, 0) is 28.9 Å². The summed E-state index contributed by atoms with van der Waals surface area (Å²) in [7, 11) is -3.57. The van der Waals surface area contributed by atoms with Gasteiger partial charge in [0.1, 0.15) is 18.0 Å². The summed E-state index contributed by atoms with van der Waals surface area (Å²) >= 11 is 0. The van der Waals surface area contributed by atoms with E-state index in [4.69, 9.17) is 9.88 Å². The average Bonchev–Trinajstić information content (AvgIpc) is 3.19. The van der Waals surface area contributed by atoms with E-state index in [1.165, 1.54) is 0 Å². The van der Waals surface area contributed by atoms with Gasteiger partial charge in [0, 0.05) is 24.5 Å². The SMILES string of the molecule is NS(=O)(=O)Cc1ccc(CNC(=O)c2cccc(OCc3cn4ccccc4n3)c2)cc1. The highest BCUT2D eigenvalue weighted by Gasteiger charge is 2.09. The molecule has 0 radical (unpaired) electrons. The molecule has 0 spiro atoms. The van der Waals surface area contributed by atoms with Crippen molar-refractivity contribution in [2.24, 2.45) is 5.14 Å². The first-order chi connectivity index (χ1) is 15.4. The molecular weight excluding hydrogens is 428 g/mol. The van der Waals surface area contributed by atoms with E-state index >= 15 is 0 Å². The number of amides is 1. The van der Waals surface area contributed by atoms with E-state index in [-0.39, 0.29) is 18.3 Å². The minimum atomic E-state index is -3.57. The quantitative estimate of drug-likeness (QED) is 0.428. The maximum Gasteiger partial charge on any atom is 0.251 e. The number of aromatic nitrogens is 2. The lowest BCUT2D eigenvalue weighted by atomic mass is 10.1. The van der Waals surface area contributed by atoms with E-state index in [1.807, 2.05) is 35.0 Å². The third-order valence-corrected chi connectivity index (χ3v) is 5.48. The molecule has 0 atom stereocenters. The second kappa shape index (κ2) is 9.21. The second-order valence-electron chi connectivity index (χ2n) is 7.32. The first-order valence-electron chi connectivity index (χ1n) is 9.88. The number of fused-ring (bicyclic) bond motifs is 1. The van der Waals surface area contributed by atoms with E-state index in [0.717, 1.165) is 16.9 Å². The lowest BCUT2D eigenvalue weighted by Gasteiger charge is -2.09. The number of ether oxygens (including phenoxy) is 1. The standard InChI is InChI=1S/C23H22N4O4S/c24-32(29,30)16-18-9-7-17(8-10-18)13-25-23(28)19-4-3-5-21(12-19)31-15-20-14-27-11-2-1-6-22(27)26-20/h1-12,14H,13,15-16H2,(H,25,28)(H2,24,29,30). The van der Waals surface area contributed by atoms with E-state index in [0.29, 0.717) is 23.4 Å². The third kappa shape index (κ3) is 5.71. The molecule has 0 saturated heterocycles. The van der Waals surface area contributed by atoms with Crippen LogP contribution in [0.4, 0.5) is 0 Å². The molecule has 0 aliphatic rings. The molecule has 0 aliphatic carbocycles. The molecule has 0 fully saturated rings. The molecule has 4 rings (SSSR count). The summed E-state index contributed by atoms with van der Waals surface area (Å²) in [6.45, 7) is 0.596. The molecule has 32 heavy (non-hydrogen) atoms. The molecular formula is C23H22N4O4S. The molecule has 2 aromatic heterocycles. The summed E-state index contributed by atoms with van der Waals surface area (Å²) in [5.74, 6) is 0.111. The monoisotopic (exact) mass is 450 g/mol. The molecule has 1 amide bonds. The Hall–Kier alpha value is -3.69. The van der Waals surface area contributed by atoms with Crippen LogP contribution in [0.3, 0.4) is 0 Å². The van der Waals surface area contributed by atoms with Crippen molar-refractivity contribution in [3.05, 3.63) is 102 Å². The second-order valence-corrected chi connectivity index (χ2v) is 8.94. The van der Waals surface area contributed by atoms with Gasteiger partial charge in [-0.15, -0.1) is 0 Å². The smallest absolute Gasteiger partial charge is 0.251 e. The maximum atomic E-state index is 12.5. The molecule has 3 N–H and O–H groups in total. The van der Waals surface area contributed by atoms with Crippen LogP contribution >= 0.6 is 0 Å². The number of imidazole rings is 1. The van der Waals surface area contributed by atoms with E-state index in [2.05, 4.69) is 10.3 Å². The molecule has 4 aromatic rings. The summed E-state index contributed by atoms with van der Waals surface area (Å²) in [4.78, 5) is 17.0. The normalized spacial score (nSPS) is 11.4. The molecule has 0 bridgehead atoms. The topological polar surface area (TPSA) is 116 Å². The van der Waals surface area contributed by atoms with Crippen molar-refractivity contribution in [1.82, 2.24) is 14.7 Å². The number of hydrogen-bond donors (Lipinski definition) is 2. The van der Waals surface area contributed by atoms with Gasteiger partial charge in [-0.2, -0.15) is 0 Å². The van der Waals surface area contributed by atoms with E-state index in [9.17, 15) is 13.2 Å². The largest absolute Gasteiger partial charge is 0.487 e.